The molecule has 0 aliphatic carbocycles. The van der Waals surface area contributed by atoms with Crippen molar-refractivity contribution in [1.29, 1.82) is 0 Å². The lowest BCUT2D eigenvalue weighted by molar-refractivity contribution is 0.0775. The lowest BCUT2D eigenvalue weighted by Gasteiger charge is -2.19. The van der Waals surface area contributed by atoms with Gasteiger partial charge in [-0.1, -0.05) is 12.1 Å². The van der Waals surface area contributed by atoms with Crippen molar-refractivity contribution in [1.82, 2.24) is 4.90 Å². The third kappa shape index (κ3) is 5.16. The van der Waals surface area contributed by atoms with Gasteiger partial charge in [-0.25, -0.2) is 0 Å². The lowest BCUT2D eigenvalue weighted by atomic mass is 10.1. The maximum Gasteiger partial charge on any atom is 0.291 e. The van der Waals surface area contributed by atoms with Crippen molar-refractivity contribution >= 4 is 17.5 Å². The molecule has 0 aliphatic heterocycles. The number of carbonyl (C=O) groups excluding carboxylic acids is 2. The summed E-state index contributed by atoms with van der Waals surface area (Å²) in [5, 5.41) is 2.72. The summed E-state index contributed by atoms with van der Waals surface area (Å²) in [6.45, 7) is 0.709. The summed E-state index contributed by atoms with van der Waals surface area (Å²) in [5.74, 6) is 0.975. The number of amides is 2. The van der Waals surface area contributed by atoms with E-state index in [1.807, 2.05) is 12.1 Å². The van der Waals surface area contributed by atoms with Crippen molar-refractivity contribution in [3.63, 3.8) is 0 Å². The van der Waals surface area contributed by atoms with Crippen LogP contribution in [0.15, 0.2) is 71.3 Å². The number of likely N-dealkylation sites (N-methyl/N-ethyl adjacent to an activating group) is 1. The number of hydrogen-bond acceptors (Lipinski definition) is 5. The second kappa shape index (κ2) is 9.45. The van der Waals surface area contributed by atoms with Gasteiger partial charge in [-0.05, 0) is 48.5 Å². The minimum atomic E-state index is -0.416. The monoisotopic (exact) mass is 394 g/mol. The van der Waals surface area contributed by atoms with Crippen LogP contribution in [0.5, 0.6) is 11.5 Å². The highest BCUT2D eigenvalue weighted by Gasteiger charge is 2.18. The van der Waals surface area contributed by atoms with Crippen molar-refractivity contribution < 1.29 is 23.5 Å². The Kier molecular flexibility index (Phi) is 6.52. The summed E-state index contributed by atoms with van der Waals surface area (Å²) in [6, 6.07) is 17.3. The number of carbonyl (C=O) groups is 2. The van der Waals surface area contributed by atoms with E-state index < -0.39 is 5.91 Å². The van der Waals surface area contributed by atoms with Crippen LogP contribution in [-0.2, 0) is 0 Å². The Balaban J connectivity index is 1.59. The highest BCUT2D eigenvalue weighted by atomic mass is 16.5. The number of furan rings is 1. The summed E-state index contributed by atoms with van der Waals surface area (Å²) in [6.07, 6.45) is 1.42. The van der Waals surface area contributed by atoms with Crippen LogP contribution >= 0.6 is 0 Å². The van der Waals surface area contributed by atoms with Crippen molar-refractivity contribution in [2.75, 3.05) is 32.6 Å². The van der Waals surface area contributed by atoms with E-state index >= 15 is 0 Å². The fourth-order valence-electron chi connectivity index (χ4n) is 2.65. The molecule has 0 bridgehead atoms. The molecule has 0 radical (unpaired) electrons. The standard InChI is InChI=1S/C22H22N2O5/c1-24(13-15-28-17-11-9-16(27-2)10-12-17)22(26)18-6-3-4-7-19(18)23-21(25)20-8-5-14-29-20/h3-12,14H,13,15H2,1-2H3,(H,23,25). The Morgan fingerprint density at radius 1 is 1.00 bits per heavy atom. The van der Waals surface area contributed by atoms with E-state index in [1.54, 1.807) is 67.6 Å². The van der Waals surface area contributed by atoms with E-state index in [0.29, 0.717) is 30.2 Å². The van der Waals surface area contributed by atoms with E-state index in [0.717, 1.165) is 5.75 Å². The third-order valence-corrected chi connectivity index (χ3v) is 4.25. The molecule has 7 heteroatoms. The van der Waals surface area contributed by atoms with E-state index in [9.17, 15) is 9.59 Å². The zero-order valence-electron chi connectivity index (χ0n) is 16.3. The van der Waals surface area contributed by atoms with Gasteiger partial charge in [-0.2, -0.15) is 0 Å². The molecule has 1 aromatic heterocycles. The number of ether oxygens (including phenoxy) is 2. The quantitative estimate of drug-likeness (QED) is 0.630. The van der Waals surface area contributed by atoms with Crippen molar-refractivity contribution in [2.45, 2.75) is 0 Å². The smallest absolute Gasteiger partial charge is 0.291 e. The Bertz CT molecular complexity index is 952. The normalized spacial score (nSPS) is 10.3. The van der Waals surface area contributed by atoms with Gasteiger partial charge in [-0.3, -0.25) is 9.59 Å². The number of hydrogen-bond donors (Lipinski definition) is 1. The Labute approximate surface area is 168 Å². The third-order valence-electron chi connectivity index (χ3n) is 4.25. The molecule has 0 aliphatic rings. The molecule has 0 saturated heterocycles. The molecule has 7 nitrogen and oxygen atoms in total. The van der Waals surface area contributed by atoms with Crippen molar-refractivity contribution in [2.24, 2.45) is 0 Å². The van der Waals surface area contributed by atoms with Crippen LogP contribution in [0.1, 0.15) is 20.9 Å². The molecule has 2 aromatic carbocycles. The Morgan fingerprint density at radius 3 is 2.41 bits per heavy atom. The van der Waals surface area contributed by atoms with Gasteiger partial charge in [0.05, 0.1) is 31.2 Å². The number of nitrogens with zero attached hydrogens (tertiary/aromatic N) is 1. The topological polar surface area (TPSA) is 81.0 Å². The molecule has 2 amide bonds. The molecule has 1 N–H and O–H groups in total. The minimum Gasteiger partial charge on any atom is -0.497 e. The number of methoxy groups -OCH3 is 1. The van der Waals surface area contributed by atoms with Gasteiger partial charge in [0.2, 0.25) is 0 Å². The highest BCUT2D eigenvalue weighted by Crippen LogP contribution is 2.19. The minimum absolute atomic E-state index is 0.175. The van der Waals surface area contributed by atoms with Crippen LogP contribution in [0, 0.1) is 0 Å². The van der Waals surface area contributed by atoms with Gasteiger partial charge >= 0.3 is 0 Å². The number of para-hydroxylation sites is 1. The largest absolute Gasteiger partial charge is 0.497 e. The first-order chi connectivity index (χ1) is 14.1. The molecule has 150 valence electrons. The maximum atomic E-state index is 12.8. The van der Waals surface area contributed by atoms with Crippen LogP contribution in [0.3, 0.4) is 0 Å². The van der Waals surface area contributed by atoms with E-state index in [1.165, 1.54) is 6.26 Å². The Morgan fingerprint density at radius 2 is 1.72 bits per heavy atom. The van der Waals surface area contributed by atoms with E-state index in [2.05, 4.69) is 5.32 Å². The van der Waals surface area contributed by atoms with Gasteiger partial charge in [0.15, 0.2) is 5.76 Å². The molecular formula is C22H22N2O5. The number of rotatable bonds is 8. The van der Waals surface area contributed by atoms with Crippen LogP contribution in [-0.4, -0.2) is 44.0 Å². The summed E-state index contributed by atoms with van der Waals surface area (Å²) >= 11 is 0. The highest BCUT2D eigenvalue weighted by molar-refractivity contribution is 6.07. The number of benzene rings is 2. The molecule has 0 spiro atoms. The number of nitrogens with one attached hydrogen (secondary N) is 1. The first-order valence-corrected chi connectivity index (χ1v) is 9.04. The zero-order valence-corrected chi connectivity index (χ0v) is 16.3. The summed E-state index contributed by atoms with van der Waals surface area (Å²) in [4.78, 5) is 26.6. The molecule has 1 heterocycles. The van der Waals surface area contributed by atoms with Gasteiger partial charge in [0, 0.05) is 7.05 Å². The lowest BCUT2D eigenvalue weighted by Crippen LogP contribution is -2.31. The maximum absolute atomic E-state index is 12.8. The zero-order chi connectivity index (χ0) is 20.6. The molecule has 3 aromatic rings. The number of anilines is 1. The van der Waals surface area contributed by atoms with Gasteiger partial charge in [-0.15, -0.1) is 0 Å². The first kappa shape index (κ1) is 20.0. The van der Waals surface area contributed by atoms with Gasteiger partial charge in [0.1, 0.15) is 18.1 Å². The van der Waals surface area contributed by atoms with Gasteiger partial charge < -0.3 is 24.1 Å². The van der Waals surface area contributed by atoms with Crippen molar-refractivity contribution in [3.05, 3.63) is 78.3 Å². The second-order valence-corrected chi connectivity index (χ2v) is 6.23. The second-order valence-electron chi connectivity index (χ2n) is 6.23. The van der Waals surface area contributed by atoms with Crippen LogP contribution < -0.4 is 14.8 Å². The summed E-state index contributed by atoms with van der Waals surface area (Å²) in [5.41, 5.74) is 0.807. The predicted octanol–water partition coefficient (Wildman–Crippen LogP) is 3.69. The molecule has 0 fully saturated rings. The SMILES string of the molecule is COc1ccc(OCCN(C)C(=O)c2ccccc2NC(=O)c2ccco2)cc1. The molecule has 0 atom stereocenters. The molecule has 0 unspecified atom stereocenters. The summed E-state index contributed by atoms with van der Waals surface area (Å²) in [7, 11) is 3.29. The van der Waals surface area contributed by atoms with Crippen molar-refractivity contribution in [3.8, 4) is 11.5 Å². The van der Waals surface area contributed by atoms with Crippen LogP contribution in [0.4, 0.5) is 5.69 Å². The molecular weight excluding hydrogens is 372 g/mol. The molecule has 0 saturated carbocycles. The van der Waals surface area contributed by atoms with E-state index in [-0.39, 0.29) is 11.7 Å². The molecule has 3 rings (SSSR count). The van der Waals surface area contributed by atoms with Crippen LogP contribution in [0.25, 0.3) is 0 Å². The van der Waals surface area contributed by atoms with Crippen LogP contribution in [0.2, 0.25) is 0 Å². The first-order valence-electron chi connectivity index (χ1n) is 9.04. The average Bonchev–Trinajstić information content (AvgIpc) is 3.29. The summed E-state index contributed by atoms with van der Waals surface area (Å²) < 4.78 is 15.9. The van der Waals surface area contributed by atoms with Gasteiger partial charge in [0.25, 0.3) is 11.8 Å². The fraction of sp³-hybridized carbons (Fsp3) is 0.182. The Hall–Kier alpha value is -3.74. The molecule has 29 heavy (non-hydrogen) atoms. The average molecular weight is 394 g/mol. The predicted molar refractivity (Wildman–Crippen MR) is 109 cm³/mol. The fourth-order valence-corrected chi connectivity index (χ4v) is 2.65. The van der Waals surface area contributed by atoms with E-state index in [4.69, 9.17) is 13.9 Å².